The maximum Gasteiger partial charge on any atom is 0.0195 e. The van der Waals surface area contributed by atoms with Crippen molar-refractivity contribution in [2.45, 2.75) is 64.5 Å². The van der Waals surface area contributed by atoms with Crippen LogP contribution in [0, 0.1) is 5.92 Å². The number of nitrogens with one attached hydrogen (secondary N) is 1. The molecule has 0 aromatic rings. The molecule has 94 valence electrons. The first kappa shape index (κ1) is 12.4. The molecule has 0 aromatic heterocycles. The number of nitrogens with zero attached hydrogens (tertiary/aromatic N) is 1. The first-order valence-corrected chi connectivity index (χ1v) is 7.27. The van der Waals surface area contributed by atoms with Crippen LogP contribution in [-0.4, -0.2) is 36.6 Å². The molecule has 0 aromatic carbocycles. The Hall–Kier alpha value is -0.0800. The van der Waals surface area contributed by atoms with Crippen molar-refractivity contribution < 1.29 is 0 Å². The second kappa shape index (κ2) is 6.02. The van der Waals surface area contributed by atoms with Crippen molar-refractivity contribution in [1.82, 2.24) is 10.2 Å². The van der Waals surface area contributed by atoms with Crippen LogP contribution in [0.25, 0.3) is 0 Å². The van der Waals surface area contributed by atoms with Gasteiger partial charge in [-0.05, 0) is 45.2 Å². The average molecular weight is 224 g/mol. The highest BCUT2D eigenvalue weighted by Crippen LogP contribution is 2.34. The van der Waals surface area contributed by atoms with Gasteiger partial charge in [0, 0.05) is 18.6 Å². The van der Waals surface area contributed by atoms with Crippen LogP contribution in [0.1, 0.15) is 52.4 Å². The largest absolute Gasteiger partial charge is 0.313 e. The molecule has 16 heavy (non-hydrogen) atoms. The van der Waals surface area contributed by atoms with Gasteiger partial charge in [0.25, 0.3) is 0 Å². The first-order valence-electron chi connectivity index (χ1n) is 7.27. The van der Waals surface area contributed by atoms with Crippen molar-refractivity contribution in [3.05, 3.63) is 0 Å². The summed E-state index contributed by atoms with van der Waals surface area (Å²) in [6.45, 7) is 8.54. The second-order valence-corrected chi connectivity index (χ2v) is 5.82. The van der Waals surface area contributed by atoms with Crippen LogP contribution in [-0.2, 0) is 0 Å². The van der Waals surface area contributed by atoms with Crippen LogP contribution in [0.2, 0.25) is 0 Å². The van der Waals surface area contributed by atoms with E-state index in [0.717, 1.165) is 18.0 Å². The number of hydrogen-bond acceptors (Lipinski definition) is 2. The van der Waals surface area contributed by atoms with E-state index in [0.29, 0.717) is 0 Å². The molecule has 1 aliphatic heterocycles. The third kappa shape index (κ3) is 3.74. The van der Waals surface area contributed by atoms with E-state index in [1.54, 1.807) is 0 Å². The van der Waals surface area contributed by atoms with Gasteiger partial charge in [0.15, 0.2) is 0 Å². The van der Waals surface area contributed by atoms with Crippen molar-refractivity contribution in [2.24, 2.45) is 5.92 Å². The van der Waals surface area contributed by atoms with E-state index in [9.17, 15) is 0 Å². The molecule has 2 nitrogen and oxygen atoms in total. The summed E-state index contributed by atoms with van der Waals surface area (Å²) in [4.78, 5) is 2.73. The van der Waals surface area contributed by atoms with E-state index >= 15 is 0 Å². The molecule has 0 amide bonds. The zero-order valence-corrected chi connectivity index (χ0v) is 11.0. The lowest BCUT2D eigenvalue weighted by Crippen LogP contribution is -2.41. The van der Waals surface area contributed by atoms with Crippen LogP contribution in [0.5, 0.6) is 0 Å². The molecule has 1 saturated carbocycles. The number of hydrogen-bond donors (Lipinski definition) is 1. The monoisotopic (exact) mass is 224 g/mol. The summed E-state index contributed by atoms with van der Waals surface area (Å²) < 4.78 is 0. The van der Waals surface area contributed by atoms with Crippen molar-refractivity contribution >= 4 is 0 Å². The fourth-order valence-electron chi connectivity index (χ4n) is 2.95. The highest BCUT2D eigenvalue weighted by molar-refractivity contribution is 4.83. The third-order valence-corrected chi connectivity index (χ3v) is 4.14. The topological polar surface area (TPSA) is 15.3 Å². The lowest BCUT2D eigenvalue weighted by Gasteiger charge is -2.30. The Morgan fingerprint density at radius 3 is 2.88 bits per heavy atom. The van der Waals surface area contributed by atoms with Crippen molar-refractivity contribution in [3.63, 3.8) is 0 Å². The Kier molecular flexibility index (Phi) is 4.66. The molecule has 2 heteroatoms. The maximum absolute atomic E-state index is 3.69. The quantitative estimate of drug-likeness (QED) is 0.772. The molecule has 0 spiro atoms. The van der Waals surface area contributed by atoms with Gasteiger partial charge in [-0.2, -0.15) is 0 Å². The van der Waals surface area contributed by atoms with Gasteiger partial charge >= 0.3 is 0 Å². The molecular formula is C14H28N2. The summed E-state index contributed by atoms with van der Waals surface area (Å²) in [5.41, 5.74) is 0. The third-order valence-electron chi connectivity index (χ3n) is 4.14. The minimum absolute atomic E-state index is 0.745. The van der Waals surface area contributed by atoms with Gasteiger partial charge in [0.2, 0.25) is 0 Å². The smallest absolute Gasteiger partial charge is 0.0195 e. The first-order chi connectivity index (χ1) is 7.79. The van der Waals surface area contributed by atoms with E-state index in [4.69, 9.17) is 0 Å². The van der Waals surface area contributed by atoms with E-state index in [1.165, 1.54) is 58.2 Å². The zero-order chi connectivity index (χ0) is 11.4. The molecular weight excluding hydrogens is 196 g/mol. The summed E-state index contributed by atoms with van der Waals surface area (Å²) in [7, 11) is 0. The predicted octanol–water partition coefficient (Wildman–Crippen LogP) is 2.64. The average Bonchev–Trinajstić information content (AvgIpc) is 3.05. The number of rotatable bonds is 5. The summed E-state index contributed by atoms with van der Waals surface area (Å²) in [6, 6.07) is 1.56. The highest BCUT2D eigenvalue weighted by atomic mass is 15.2. The van der Waals surface area contributed by atoms with Crippen LogP contribution in [0.4, 0.5) is 0 Å². The molecule has 1 saturated heterocycles. The molecule has 2 atom stereocenters. The van der Waals surface area contributed by atoms with Gasteiger partial charge in [-0.1, -0.05) is 26.2 Å². The summed E-state index contributed by atoms with van der Waals surface area (Å²) in [6.07, 6.45) is 8.41. The molecule has 1 heterocycles. The molecule has 0 bridgehead atoms. The summed E-state index contributed by atoms with van der Waals surface area (Å²) >= 11 is 0. The van der Waals surface area contributed by atoms with Crippen LogP contribution < -0.4 is 5.32 Å². The van der Waals surface area contributed by atoms with E-state index < -0.39 is 0 Å². The highest BCUT2D eigenvalue weighted by Gasteiger charge is 2.27. The van der Waals surface area contributed by atoms with Crippen molar-refractivity contribution in [1.29, 1.82) is 0 Å². The molecule has 2 aliphatic rings. The van der Waals surface area contributed by atoms with E-state index in [-0.39, 0.29) is 0 Å². The Bertz CT molecular complexity index is 201. The summed E-state index contributed by atoms with van der Waals surface area (Å²) in [5.74, 6) is 1.07. The Morgan fingerprint density at radius 2 is 2.19 bits per heavy atom. The van der Waals surface area contributed by atoms with Gasteiger partial charge in [-0.15, -0.1) is 0 Å². The van der Waals surface area contributed by atoms with Crippen LogP contribution >= 0.6 is 0 Å². The molecule has 2 fully saturated rings. The maximum atomic E-state index is 3.69. The van der Waals surface area contributed by atoms with Gasteiger partial charge in [-0.25, -0.2) is 0 Å². The van der Waals surface area contributed by atoms with Gasteiger partial charge in [-0.3, -0.25) is 4.90 Å². The normalized spacial score (nSPS) is 30.0. The Morgan fingerprint density at radius 1 is 1.38 bits per heavy atom. The van der Waals surface area contributed by atoms with Gasteiger partial charge in [0.1, 0.15) is 0 Å². The van der Waals surface area contributed by atoms with E-state index in [1.807, 2.05) is 0 Å². The lowest BCUT2D eigenvalue weighted by atomic mass is 10.1. The van der Waals surface area contributed by atoms with Crippen molar-refractivity contribution in [3.8, 4) is 0 Å². The Balaban J connectivity index is 1.80. The second-order valence-electron chi connectivity index (χ2n) is 5.82. The van der Waals surface area contributed by atoms with Crippen molar-refractivity contribution in [2.75, 3.05) is 19.6 Å². The van der Waals surface area contributed by atoms with Crippen LogP contribution in [0.15, 0.2) is 0 Å². The molecule has 1 aliphatic carbocycles. The Labute approximate surface area is 101 Å². The molecule has 2 unspecified atom stereocenters. The molecule has 2 rings (SSSR count). The zero-order valence-electron chi connectivity index (χ0n) is 11.0. The predicted molar refractivity (Wildman–Crippen MR) is 69.7 cm³/mol. The molecule has 1 N–H and O–H groups in total. The summed E-state index contributed by atoms with van der Waals surface area (Å²) in [5, 5.41) is 3.69. The minimum Gasteiger partial charge on any atom is -0.313 e. The van der Waals surface area contributed by atoms with E-state index in [2.05, 4.69) is 24.1 Å². The van der Waals surface area contributed by atoms with Crippen LogP contribution in [0.3, 0.4) is 0 Å². The lowest BCUT2D eigenvalue weighted by molar-refractivity contribution is 0.188. The fourth-order valence-corrected chi connectivity index (χ4v) is 2.95. The fraction of sp³-hybridized carbons (Fsp3) is 1.00. The van der Waals surface area contributed by atoms with Gasteiger partial charge in [0.05, 0.1) is 0 Å². The standard InChI is InChI=1S/C14H28N2/c1-3-5-14-11-16(9-4-8-15-14)12(2)10-13-6-7-13/h12-15H,3-11H2,1-2H3. The minimum atomic E-state index is 0.745. The van der Waals surface area contributed by atoms with Gasteiger partial charge < -0.3 is 5.32 Å². The molecule has 0 radical (unpaired) electrons. The SMILES string of the molecule is CCCC1CN(C(C)CC2CC2)CCCN1.